The molecule has 2 rings (SSSR count). The highest BCUT2D eigenvalue weighted by molar-refractivity contribution is 7.89. The Morgan fingerprint density at radius 2 is 1.88 bits per heavy atom. The second-order valence-corrected chi connectivity index (χ2v) is 14.9. The number of hydrogen-bond acceptors (Lipinski definition) is 5. The highest BCUT2D eigenvalue weighted by atomic mass is 32.2. The van der Waals surface area contributed by atoms with Crippen molar-refractivity contribution < 1.29 is 13.5 Å². The number of hydrogen-bond donors (Lipinski definition) is 1. The van der Waals surface area contributed by atoms with E-state index in [1.54, 1.807) is 10.5 Å². The molecule has 1 aromatic heterocycles. The van der Waals surface area contributed by atoms with Crippen LogP contribution in [0.4, 0.5) is 5.82 Å². The third-order valence-electron chi connectivity index (χ3n) is 4.48. The zero-order chi connectivity index (χ0) is 17.8. The molecule has 136 valence electrons. The van der Waals surface area contributed by atoms with Gasteiger partial charge in [-0.15, -0.1) is 0 Å². The Bertz CT molecular complexity index is 611. The molecule has 1 atom stereocenters. The minimum Gasteiger partial charge on any atom is -0.397 e. The molecule has 24 heavy (non-hydrogen) atoms. The zero-order valence-electron chi connectivity index (χ0n) is 14.9. The highest BCUT2D eigenvalue weighted by Gasteiger charge is 2.29. The van der Waals surface area contributed by atoms with Crippen LogP contribution in [0.15, 0.2) is 24.4 Å². The number of aliphatic hydroxyl groups excluding tert-OH is 1. The average molecular weight is 372 g/mol. The molecule has 1 aliphatic heterocycles. The van der Waals surface area contributed by atoms with Crippen LogP contribution in [0, 0.1) is 0 Å². The van der Waals surface area contributed by atoms with Gasteiger partial charge in [0.15, 0.2) is 0 Å². The summed E-state index contributed by atoms with van der Waals surface area (Å²) in [5, 5.41) is 10.1. The molecule has 0 saturated carbocycles. The minimum absolute atomic E-state index is 0.123. The Kier molecular flexibility index (Phi) is 6.41. The molecule has 0 radical (unpaired) electrons. The fourth-order valence-electron chi connectivity index (χ4n) is 2.76. The van der Waals surface area contributed by atoms with E-state index >= 15 is 0 Å². The first-order valence-corrected chi connectivity index (χ1v) is 13.7. The van der Waals surface area contributed by atoms with E-state index in [0.29, 0.717) is 39.0 Å². The van der Waals surface area contributed by atoms with Crippen molar-refractivity contribution in [2.45, 2.75) is 38.2 Å². The Balaban J connectivity index is 1.82. The lowest BCUT2D eigenvalue weighted by atomic mass is 10.3. The summed E-state index contributed by atoms with van der Waals surface area (Å²) in [7, 11) is -4.85. The molecule has 1 N–H and O–H groups in total. The summed E-state index contributed by atoms with van der Waals surface area (Å²) in [5.74, 6) is 1.02. The summed E-state index contributed by atoms with van der Waals surface area (Å²) >= 11 is 0. The highest BCUT2D eigenvalue weighted by Crippen LogP contribution is 2.17. The number of aliphatic hydroxyl groups is 1. The quantitative estimate of drug-likeness (QED) is 0.736. The second-order valence-electron chi connectivity index (χ2n) is 7.41. The monoisotopic (exact) mass is 371 g/mol. The molecule has 2 heterocycles. The van der Waals surface area contributed by atoms with Crippen molar-refractivity contribution in [2.24, 2.45) is 0 Å². The van der Waals surface area contributed by atoms with Crippen LogP contribution in [-0.2, 0) is 10.0 Å². The summed E-state index contributed by atoms with van der Waals surface area (Å²) in [4.78, 5) is 6.43. The van der Waals surface area contributed by atoms with E-state index in [4.69, 9.17) is 0 Å². The van der Waals surface area contributed by atoms with Crippen LogP contribution in [0.2, 0.25) is 19.6 Å². The van der Waals surface area contributed by atoms with Gasteiger partial charge in [-0.25, -0.2) is 13.4 Å². The smallest absolute Gasteiger partial charge is 0.214 e. The van der Waals surface area contributed by atoms with Gasteiger partial charge in [0, 0.05) is 38.1 Å². The van der Waals surface area contributed by atoms with E-state index in [1.807, 2.05) is 18.2 Å². The van der Waals surface area contributed by atoms with Crippen LogP contribution in [0.3, 0.4) is 0 Å². The lowest BCUT2D eigenvalue weighted by molar-refractivity contribution is 0.232. The summed E-state index contributed by atoms with van der Waals surface area (Å²) in [6.45, 7) is 8.61. The number of piperazine rings is 1. The standard InChI is InChI=1S/C16H29N3O3SSi/c1-24(2,3)16(20)8-6-14-23(21,22)19-12-10-18(11-13-19)15-7-4-5-9-17-15/h4-5,7,9,16,20H,6,8,10-14H2,1-3H3. The topological polar surface area (TPSA) is 73.7 Å². The predicted octanol–water partition coefficient (Wildman–Crippen LogP) is 1.55. The van der Waals surface area contributed by atoms with Crippen LogP contribution in [0.1, 0.15) is 12.8 Å². The molecule has 1 aromatic rings. The van der Waals surface area contributed by atoms with Crippen LogP contribution in [0.25, 0.3) is 0 Å². The van der Waals surface area contributed by atoms with Gasteiger partial charge in [-0.3, -0.25) is 0 Å². The van der Waals surface area contributed by atoms with Crippen molar-refractivity contribution in [3.8, 4) is 0 Å². The number of anilines is 1. The number of nitrogens with zero attached hydrogens (tertiary/aromatic N) is 3. The first kappa shape index (κ1) is 19.4. The van der Waals surface area contributed by atoms with Crippen molar-refractivity contribution in [3.05, 3.63) is 24.4 Å². The summed E-state index contributed by atoms with van der Waals surface area (Å²) in [5.41, 5.74) is -0.339. The third kappa shape index (κ3) is 5.27. The van der Waals surface area contributed by atoms with E-state index < -0.39 is 18.1 Å². The third-order valence-corrected chi connectivity index (χ3v) is 8.73. The van der Waals surface area contributed by atoms with Crippen molar-refractivity contribution in [2.75, 3.05) is 36.8 Å². The van der Waals surface area contributed by atoms with Gasteiger partial charge in [-0.05, 0) is 25.0 Å². The van der Waals surface area contributed by atoms with Crippen molar-refractivity contribution in [1.29, 1.82) is 0 Å². The van der Waals surface area contributed by atoms with Gasteiger partial charge in [0.05, 0.1) is 13.8 Å². The zero-order valence-corrected chi connectivity index (χ0v) is 16.7. The van der Waals surface area contributed by atoms with E-state index in [1.165, 1.54) is 0 Å². The summed E-state index contributed by atoms with van der Waals surface area (Å²) in [6, 6.07) is 5.76. The maximum atomic E-state index is 12.5. The van der Waals surface area contributed by atoms with Gasteiger partial charge in [0.2, 0.25) is 10.0 Å². The molecule has 0 amide bonds. The predicted molar refractivity (Wildman–Crippen MR) is 100 cm³/mol. The van der Waals surface area contributed by atoms with Crippen LogP contribution in [0.5, 0.6) is 0 Å². The Morgan fingerprint density at radius 3 is 2.42 bits per heavy atom. The lowest BCUT2D eigenvalue weighted by Gasteiger charge is -2.34. The molecular formula is C16H29N3O3SSi. The molecule has 0 aliphatic carbocycles. The Morgan fingerprint density at radius 1 is 1.21 bits per heavy atom. The summed E-state index contributed by atoms with van der Waals surface area (Å²) in [6.07, 6.45) is 2.85. The first-order chi connectivity index (χ1) is 11.2. The van der Waals surface area contributed by atoms with Gasteiger partial charge in [0.1, 0.15) is 5.82 Å². The van der Waals surface area contributed by atoms with Crippen molar-refractivity contribution in [3.63, 3.8) is 0 Å². The van der Waals surface area contributed by atoms with Gasteiger partial charge in [-0.2, -0.15) is 4.31 Å². The molecule has 1 fully saturated rings. The fraction of sp³-hybridized carbons (Fsp3) is 0.688. The molecule has 1 saturated heterocycles. The maximum absolute atomic E-state index is 12.5. The normalized spacial score (nSPS) is 18.6. The average Bonchev–Trinajstić information content (AvgIpc) is 2.54. The molecule has 0 bridgehead atoms. The maximum Gasteiger partial charge on any atom is 0.214 e. The first-order valence-electron chi connectivity index (χ1n) is 8.52. The number of pyridine rings is 1. The fourth-order valence-corrected chi connectivity index (χ4v) is 5.34. The van der Waals surface area contributed by atoms with Crippen LogP contribution < -0.4 is 4.90 Å². The van der Waals surface area contributed by atoms with Crippen LogP contribution in [-0.4, -0.2) is 68.5 Å². The van der Waals surface area contributed by atoms with E-state index in [-0.39, 0.29) is 11.5 Å². The molecule has 6 nitrogen and oxygen atoms in total. The molecular weight excluding hydrogens is 342 g/mol. The van der Waals surface area contributed by atoms with Crippen molar-refractivity contribution in [1.82, 2.24) is 9.29 Å². The Labute approximate surface area is 146 Å². The van der Waals surface area contributed by atoms with Crippen LogP contribution >= 0.6 is 0 Å². The number of aromatic nitrogens is 1. The lowest BCUT2D eigenvalue weighted by Crippen LogP contribution is -2.49. The van der Waals surface area contributed by atoms with Crippen molar-refractivity contribution >= 4 is 23.9 Å². The van der Waals surface area contributed by atoms with E-state index in [2.05, 4.69) is 29.5 Å². The van der Waals surface area contributed by atoms with Gasteiger partial charge < -0.3 is 10.0 Å². The number of sulfonamides is 1. The molecule has 8 heteroatoms. The second kappa shape index (κ2) is 7.94. The SMILES string of the molecule is C[Si](C)(C)C(O)CCCS(=O)(=O)N1CCN(c2ccccn2)CC1. The van der Waals surface area contributed by atoms with Gasteiger partial charge in [0.25, 0.3) is 0 Å². The molecule has 0 spiro atoms. The van der Waals surface area contributed by atoms with Gasteiger partial charge >= 0.3 is 0 Å². The molecule has 1 aliphatic rings. The largest absolute Gasteiger partial charge is 0.397 e. The molecule has 0 aromatic carbocycles. The Hall–Kier alpha value is -0.963. The minimum atomic E-state index is -3.24. The molecule has 1 unspecified atom stereocenters. The summed E-state index contributed by atoms with van der Waals surface area (Å²) < 4.78 is 26.5. The van der Waals surface area contributed by atoms with E-state index in [9.17, 15) is 13.5 Å². The van der Waals surface area contributed by atoms with E-state index in [0.717, 1.165) is 5.82 Å². The van der Waals surface area contributed by atoms with Gasteiger partial charge in [-0.1, -0.05) is 25.7 Å². The number of rotatable bonds is 7.